The largest absolute Gasteiger partial charge is 0.486 e. The number of hydrogen-bond donors (Lipinski definition) is 2. The van der Waals surface area contributed by atoms with Crippen molar-refractivity contribution < 1.29 is 22.7 Å². The fraction of sp³-hybridized carbons (Fsp3) is 0.300. The van der Waals surface area contributed by atoms with Gasteiger partial charge in [-0.3, -0.25) is 4.79 Å². The minimum absolute atomic E-state index is 0.110. The number of ether oxygens (including phenoxy) is 2. The smallest absolute Gasteiger partial charge is 0.286 e. The third-order valence-electron chi connectivity index (χ3n) is 4.71. The lowest BCUT2D eigenvalue weighted by atomic mass is 10.1. The Morgan fingerprint density at radius 2 is 1.93 bits per heavy atom. The van der Waals surface area contributed by atoms with Gasteiger partial charge in [-0.15, -0.1) is 4.40 Å². The van der Waals surface area contributed by atoms with Gasteiger partial charge in [-0.05, 0) is 36.8 Å². The summed E-state index contributed by atoms with van der Waals surface area (Å²) in [7, 11) is -3.75. The fourth-order valence-electron chi connectivity index (χ4n) is 3.23. The number of anilines is 1. The number of nitrogens with one attached hydrogen (secondary N) is 2. The van der Waals surface area contributed by atoms with Crippen molar-refractivity contribution in [3.8, 4) is 11.5 Å². The summed E-state index contributed by atoms with van der Waals surface area (Å²) in [5, 5.41) is 5.90. The molecule has 0 saturated carbocycles. The van der Waals surface area contributed by atoms with E-state index in [2.05, 4.69) is 15.0 Å². The molecule has 0 unspecified atom stereocenters. The fourth-order valence-corrected chi connectivity index (χ4v) is 4.41. The maximum Gasteiger partial charge on any atom is 0.286 e. The number of fused-ring (bicyclic) bond motifs is 2. The van der Waals surface area contributed by atoms with Gasteiger partial charge in [0, 0.05) is 12.8 Å². The molecule has 2 N–H and O–H groups in total. The lowest BCUT2D eigenvalue weighted by Gasteiger charge is -2.21. The molecule has 0 saturated heterocycles. The van der Waals surface area contributed by atoms with Crippen LogP contribution in [0, 0.1) is 0 Å². The molecule has 0 aromatic heterocycles. The van der Waals surface area contributed by atoms with Crippen molar-refractivity contribution in [3.63, 3.8) is 0 Å². The van der Waals surface area contributed by atoms with Crippen LogP contribution in [0.25, 0.3) is 0 Å². The first-order valence-electron chi connectivity index (χ1n) is 9.31. The molecular formula is C20H21N3O5S. The van der Waals surface area contributed by atoms with E-state index in [1.165, 1.54) is 6.07 Å². The second kappa shape index (κ2) is 7.75. The summed E-state index contributed by atoms with van der Waals surface area (Å²) in [6, 6.07) is 11.9. The molecule has 152 valence electrons. The second-order valence-electron chi connectivity index (χ2n) is 6.83. The highest BCUT2D eigenvalue weighted by Gasteiger charge is 2.24. The summed E-state index contributed by atoms with van der Waals surface area (Å²) in [5.41, 5.74) is 1.37. The van der Waals surface area contributed by atoms with Crippen LogP contribution in [0.2, 0.25) is 0 Å². The zero-order valence-corrected chi connectivity index (χ0v) is 16.7. The first-order chi connectivity index (χ1) is 13.9. The molecule has 29 heavy (non-hydrogen) atoms. The molecule has 0 radical (unpaired) electrons. The summed E-state index contributed by atoms with van der Waals surface area (Å²) >= 11 is 0. The SMILES string of the molecule is C[C@@H](NC(=O)CCC1=NS(=O)(=O)c2ccccc2N1)c1ccc2c(c1)OCCO2. The lowest BCUT2D eigenvalue weighted by Crippen LogP contribution is -2.29. The van der Waals surface area contributed by atoms with Crippen molar-refractivity contribution in [2.24, 2.45) is 4.40 Å². The molecule has 1 atom stereocenters. The van der Waals surface area contributed by atoms with Crippen molar-refractivity contribution >= 4 is 27.5 Å². The Kier molecular flexibility index (Phi) is 5.14. The number of hydrogen-bond acceptors (Lipinski definition) is 6. The van der Waals surface area contributed by atoms with Gasteiger partial charge in [-0.1, -0.05) is 18.2 Å². The van der Waals surface area contributed by atoms with Gasteiger partial charge in [0.2, 0.25) is 5.91 Å². The number of para-hydroxylation sites is 1. The summed E-state index contributed by atoms with van der Waals surface area (Å²) in [4.78, 5) is 12.5. The molecule has 1 amide bonds. The van der Waals surface area contributed by atoms with E-state index >= 15 is 0 Å². The van der Waals surface area contributed by atoms with Gasteiger partial charge in [0.05, 0.1) is 11.7 Å². The number of carbonyl (C=O) groups is 1. The quantitative estimate of drug-likeness (QED) is 0.778. The Labute approximate surface area is 169 Å². The van der Waals surface area contributed by atoms with E-state index in [1.54, 1.807) is 18.2 Å². The average molecular weight is 415 g/mol. The van der Waals surface area contributed by atoms with E-state index in [4.69, 9.17) is 9.47 Å². The number of rotatable bonds is 5. The van der Waals surface area contributed by atoms with Crippen molar-refractivity contribution in [2.75, 3.05) is 18.5 Å². The minimum atomic E-state index is -3.75. The lowest BCUT2D eigenvalue weighted by molar-refractivity contribution is -0.121. The van der Waals surface area contributed by atoms with Crippen LogP contribution >= 0.6 is 0 Å². The molecule has 0 spiro atoms. The number of benzene rings is 2. The Morgan fingerprint density at radius 1 is 1.17 bits per heavy atom. The molecule has 8 nitrogen and oxygen atoms in total. The van der Waals surface area contributed by atoms with Gasteiger partial charge in [-0.25, -0.2) is 0 Å². The van der Waals surface area contributed by atoms with E-state index in [-0.39, 0.29) is 35.5 Å². The van der Waals surface area contributed by atoms with Gasteiger partial charge in [-0.2, -0.15) is 8.42 Å². The maximum absolute atomic E-state index is 12.4. The van der Waals surface area contributed by atoms with Gasteiger partial charge >= 0.3 is 0 Å². The van der Waals surface area contributed by atoms with Gasteiger partial charge in [0.15, 0.2) is 11.5 Å². The maximum atomic E-state index is 12.4. The molecule has 0 aliphatic carbocycles. The molecule has 9 heteroatoms. The van der Waals surface area contributed by atoms with Crippen molar-refractivity contribution in [2.45, 2.75) is 30.7 Å². The van der Waals surface area contributed by atoms with Crippen molar-refractivity contribution in [1.29, 1.82) is 0 Å². The van der Waals surface area contributed by atoms with Crippen LogP contribution in [0.15, 0.2) is 51.8 Å². The highest BCUT2D eigenvalue weighted by Crippen LogP contribution is 2.32. The second-order valence-corrected chi connectivity index (χ2v) is 8.40. The highest BCUT2D eigenvalue weighted by atomic mass is 32.2. The van der Waals surface area contributed by atoms with Crippen molar-refractivity contribution in [3.05, 3.63) is 48.0 Å². The van der Waals surface area contributed by atoms with Crippen LogP contribution in [0.4, 0.5) is 5.69 Å². The van der Waals surface area contributed by atoms with E-state index in [1.807, 2.05) is 25.1 Å². The molecule has 0 fully saturated rings. The molecule has 2 aliphatic heterocycles. The number of amides is 1. The predicted octanol–water partition coefficient (Wildman–Crippen LogP) is 2.63. The Bertz CT molecular complexity index is 1080. The Balaban J connectivity index is 1.36. The standard InChI is InChI=1S/C20H21N3O5S/c1-13(14-6-7-16-17(12-14)28-11-10-27-16)21-20(24)9-8-19-22-15-4-2-3-5-18(15)29(25,26)23-19/h2-7,12-13H,8-11H2,1H3,(H,21,24)(H,22,23)/t13-/m1/s1. The van der Waals surface area contributed by atoms with Crippen LogP contribution in [0.3, 0.4) is 0 Å². The monoisotopic (exact) mass is 415 g/mol. The summed E-state index contributed by atoms with van der Waals surface area (Å²) in [5.74, 6) is 1.42. The van der Waals surface area contributed by atoms with Crippen LogP contribution in [0.5, 0.6) is 11.5 Å². The number of amidine groups is 1. The molecular weight excluding hydrogens is 394 g/mol. The molecule has 2 heterocycles. The first kappa shape index (κ1) is 19.3. The summed E-state index contributed by atoms with van der Waals surface area (Å²) in [6.07, 6.45) is 0.297. The van der Waals surface area contributed by atoms with E-state index < -0.39 is 10.0 Å². The van der Waals surface area contributed by atoms with Gasteiger partial charge in [0.25, 0.3) is 10.0 Å². The molecule has 2 aromatic rings. The molecule has 2 aliphatic rings. The van der Waals surface area contributed by atoms with E-state index in [0.29, 0.717) is 30.4 Å². The zero-order chi connectivity index (χ0) is 20.4. The normalized spacial score (nSPS) is 17.3. The minimum Gasteiger partial charge on any atom is -0.486 e. The van der Waals surface area contributed by atoms with Crippen LogP contribution in [-0.2, 0) is 14.8 Å². The van der Waals surface area contributed by atoms with Gasteiger partial charge in [0.1, 0.15) is 23.9 Å². The summed E-state index contributed by atoms with van der Waals surface area (Å²) < 4.78 is 39.4. The zero-order valence-electron chi connectivity index (χ0n) is 15.8. The predicted molar refractivity (Wildman–Crippen MR) is 108 cm³/mol. The van der Waals surface area contributed by atoms with Crippen LogP contribution in [-0.4, -0.2) is 33.4 Å². The highest BCUT2D eigenvalue weighted by molar-refractivity contribution is 7.90. The third kappa shape index (κ3) is 4.19. The number of carbonyl (C=O) groups excluding carboxylic acids is 1. The third-order valence-corrected chi connectivity index (χ3v) is 6.08. The van der Waals surface area contributed by atoms with E-state index in [0.717, 1.165) is 5.56 Å². The molecule has 4 rings (SSSR count). The Morgan fingerprint density at radius 3 is 2.76 bits per heavy atom. The number of nitrogens with zero attached hydrogens (tertiary/aromatic N) is 1. The number of sulfonamides is 1. The first-order valence-corrected chi connectivity index (χ1v) is 10.8. The molecule has 0 bridgehead atoms. The topological polar surface area (TPSA) is 106 Å². The van der Waals surface area contributed by atoms with Crippen LogP contribution < -0.4 is 20.1 Å². The van der Waals surface area contributed by atoms with E-state index in [9.17, 15) is 13.2 Å². The molecule has 2 aromatic carbocycles. The van der Waals surface area contributed by atoms with Crippen LogP contribution in [0.1, 0.15) is 31.4 Å². The van der Waals surface area contributed by atoms with Gasteiger partial charge < -0.3 is 20.1 Å². The summed E-state index contributed by atoms with van der Waals surface area (Å²) in [6.45, 7) is 2.90. The van der Waals surface area contributed by atoms with Crippen molar-refractivity contribution in [1.82, 2.24) is 5.32 Å². The average Bonchev–Trinajstić information content (AvgIpc) is 2.71. The Hall–Kier alpha value is -3.07.